The largest absolute Gasteiger partial charge is 0.357 e. The van der Waals surface area contributed by atoms with Crippen LogP contribution in [0, 0.1) is 0 Å². The first-order chi connectivity index (χ1) is 7.86. The van der Waals surface area contributed by atoms with Gasteiger partial charge in [-0.25, -0.2) is 4.99 Å². The summed E-state index contributed by atoms with van der Waals surface area (Å²) in [6.45, 7) is 4.69. The smallest absolute Gasteiger partial charge is 0.191 e. The van der Waals surface area contributed by atoms with Crippen LogP contribution in [0.3, 0.4) is 0 Å². The lowest BCUT2D eigenvalue weighted by molar-refractivity contribution is 0.845. The standard InChI is InChI=1S/C11H19N3S2/c1-3-12-11(13-6-8-15-2)14-9-10-5-4-7-16-10/h4-5,7H,3,6,8-9H2,1-2H3,(H2,12,13,14). The fraction of sp³-hybridized carbons (Fsp3) is 0.545. The van der Waals surface area contributed by atoms with Gasteiger partial charge in [-0.3, -0.25) is 0 Å². The van der Waals surface area contributed by atoms with Gasteiger partial charge in [-0.05, 0) is 24.6 Å². The topological polar surface area (TPSA) is 36.4 Å². The normalized spacial score (nSPS) is 11.5. The van der Waals surface area contributed by atoms with Gasteiger partial charge in [0.2, 0.25) is 0 Å². The summed E-state index contributed by atoms with van der Waals surface area (Å²) >= 11 is 3.58. The van der Waals surface area contributed by atoms with Crippen molar-refractivity contribution < 1.29 is 0 Å². The summed E-state index contributed by atoms with van der Waals surface area (Å²) in [5, 5.41) is 8.63. The Hall–Kier alpha value is -0.680. The van der Waals surface area contributed by atoms with Crippen molar-refractivity contribution in [3.8, 4) is 0 Å². The van der Waals surface area contributed by atoms with E-state index in [1.165, 1.54) is 4.88 Å². The molecule has 90 valence electrons. The molecule has 5 heteroatoms. The molecule has 2 N–H and O–H groups in total. The highest BCUT2D eigenvalue weighted by Gasteiger charge is 1.96. The second-order valence-electron chi connectivity index (χ2n) is 3.19. The first kappa shape index (κ1) is 13.4. The van der Waals surface area contributed by atoms with Crippen LogP contribution in [0.4, 0.5) is 0 Å². The second kappa shape index (κ2) is 8.47. The van der Waals surface area contributed by atoms with Crippen LogP contribution in [0.15, 0.2) is 22.5 Å². The van der Waals surface area contributed by atoms with E-state index in [-0.39, 0.29) is 0 Å². The molecule has 1 aromatic rings. The molecule has 16 heavy (non-hydrogen) atoms. The van der Waals surface area contributed by atoms with E-state index in [1.54, 1.807) is 11.3 Å². The molecule has 3 nitrogen and oxygen atoms in total. The molecule has 0 saturated heterocycles. The highest BCUT2D eigenvalue weighted by Crippen LogP contribution is 2.09. The number of rotatable bonds is 6. The Bertz CT molecular complexity index is 296. The van der Waals surface area contributed by atoms with Gasteiger partial charge < -0.3 is 10.6 Å². The average Bonchev–Trinajstić information content (AvgIpc) is 2.79. The highest BCUT2D eigenvalue weighted by molar-refractivity contribution is 7.98. The van der Waals surface area contributed by atoms with E-state index in [0.29, 0.717) is 0 Å². The number of hydrogen-bond acceptors (Lipinski definition) is 3. The third kappa shape index (κ3) is 5.42. The molecule has 1 heterocycles. The van der Waals surface area contributed by atoms with E-state index in [1.807, 2.05) is 11.8 Å². The summed E-state index contributed by atoms with van der Waals surface area (Å²) in [5.41, 5.74) is 0. The maximum atomic E-state index is 4.52. The molecule has 0 atom stereocenters. The Balaban J connectivity index is 2.38. The zero-order valence-electron chi connectivity index (χ0n) is 9.82. The molecule has 1 rings (SSSR count). The van der Waals surface area contributed by atoms with Crippen molar-refractivity contribution in [3.05, 3.63) is 22.4 Å². The number of guanidine groups is 1. The number of nitrogens with one attached hydrogen (secondary N) is 2. The number of hydrogen-bond donors (Lipinski definition) is 2. The lowest BCUT2D eigenvalue weighted by Gasteiger charge is -2.10. The first-order valence-corrected chi connectivity index (χ1v) is 7.67. The first-order valence-electron chi connectivity index (χ1n) is 5.40. The van der Waals surface area contributed by atoms with Crippen LogP contribution in [0.25, 0.3) is 0 Å². The summed E-state index contributed by atoms with van der Waals surface area (Å²) in [5.74, 6) is 2.01. The van der Waals surface area contributed by atoms with Crippen molar-refractivity contribution in [2.45, 2.75) is 13.5 Å². The summed E-state index contributed by atoms with van der Waals surface area (Å²) in [6.07, 6.45) is 2.11. The van der Waals surface area contributed by atoms with Crippen molar-refractivity contribution >= 4 is 29.1 Å². The predicted octanol–water partition coefficient (Wildman–Crippen LogP) is 2.17. The van der Waals surface area contributed by atoms with Gasteiger partial charge in [-0.15, -0.1) is 11.3 Å². The van der Waals surface area contributed by atoms with Crippen LogP contribution in [0.1, 0.15) is 11.8 Å². The molecule has 1 aromatic heterocycles. The predicted molar refractivity (Wildman–Crippen MR) is 75.5 cm³/mol. The van der Waals surface area contributed by atoms with Gasteiger partial charge in [0.25, 0.3) is 0 Å². The minimum Gasteiger partial charge on any atom is -0.357 e. The number of nitrogens with zero attached hydrogens (tertiary/aromatic N) is 1. The van der Waals surface area contributed by atoms with Crippen molar-refractivity contribution in [2.24, 2.45) is 4.99 Å². The fourth-order valence-electron chi connectivity index (χ4n) is 1.17. The molecule has 0 bridgehead atoms. The molecule has 0 fully saturated rings. The lowest BCUT2D eigenvalue weighted by Crippen LogP contribution is -2.38. The third-order valence-electron chi connectivity index (χ3n) is 1.92. The van der Waals surface area contributed by atoms with Gasteiger partial charge in [0.05, 0.1) is 6.54 Å². The van der Waals surface area contributed by atoms with E-state index in [2.05, 4.69) is 46.3 Å². The maximum absolute atomic E-state index is 4.52. The van der Waals surface area contributed by atoms with Crippen molar-refractivity contribution in [2.75, 3.05) is 25.1 Å². The fourth-order valence-corrected chi connectivity index (χ4v) is 2.11. The summed E-state index contributed by atoms with van der Waals surface area (Å²) in [7, 11) is 0. The molecule has 0 aliphatic heterocycles. The monoisotopic (exact) mass is 257 g/mol. The maximum Gasteiger partial charge on any atom is 0.191 e. The van der Waals surface area contributed by atoms with E-state index < -0.39 is 0 Å². The van der Waals surface area contributed by atoms with E-state index in [0.717, 1.165) is 31.3 Å². The van der Waals surface area contributed by atoms with E-state index in [4.69, 9.17) is 0 Å². The molecule has 0 spiro atoms. The highest BCUT2D eigenvalue weighted by atomic mass is 32.2. The third-order valence-corrected chi connectivity index (χ3v) is 3.39. The van der Waals surface area contributed by atoms with Gasteiger partial charge in [0, 0.05) is 23.7 Å². The minimum atomic E-state index is 0.756. The number of thioether (sulfide) groups is 1. The molecule has 0 saturated carbocycles. The molecule has 0 unspecified atom stereocenters. The van der Waals surface area contributed by atoms with Gasteiger partial charge in [0.1, 0.15) is 0 Å². The van der Waals surface area contributed by atoms with Gasteiger partial charge in [-0.2, -0.15) is 11.8 Å². The van der Waals surface area contributed by atoms with Crippen molar-refractivity contribution in [1.82, 2.24) is 10.6 Å². The molecule has 0 amide bonds. The zero-order chi connectivity index (χ0) is 11.6. The quantitative estimate of drug-likeness (QED) is 0.466. The zero-order valence-corrected chi connectivity index (χ0v) is 11.5. The summed E-state index contributed by atoms with van der Waals surface area (Å²) in [6, 6.07) is 4.17. The molecular weight excluding hydrogens is 238 g/mol. The summed E-state index contributed by atoms with van der Waals surface area (Å²) in [4.78, 5) is 5.82. The Morgan fingerprint density at radius 1 is 1.50 bits per heavy atom. The Morgan fingerprint density at radius 3 is 3.00 bits per heavy atom. The average molecular weight is 257 g/mol. The van der Waals surface area contributed by atoms with Crippen LogP contribution in [0.2, 0.25) is 0 Å². The van der Waals surface area contributed by atoms with Gasteiger partial charge in [-0.1, -0.05) is 6.07 Å². The van der Waals surface area contributed by atoms with Crippen LogP contribution in [0.5, 0.6) is 0 Å². The Morgan fingerprint density at radius 2 is 2.38 bits per heavy atom. The minimum absolute atomic E-state index is 0.756. The molecule has 0 aliphatic carbocycles. The summed E-state index contributed by atoms with van der Waals surface area (Å²) < 4.78 is 0. The molecule has 0 aromatic carbocycles. The SMILES string of the molecule is CCNC(=NCc1cccs1)NCCSC. The van der Waals surface area contributed by atoms with E-state index in [9.17, 15) is 0 Å². The van der Waals surface area contributed by atoms with Crippen LogP contribution >= 0.6 is 23.1 Å². The van der Waals surface area contributed by atoms with Crippen LogP contribution in [-0.2, 0) is 6.54 Å². The lowest BCUT2D eigenvalue weighted by atomic mass is 10.5. The Kier molecular flexibility index (Phi) is 7.09. The second-order valence-corrected chi connectivity index (χ2v) is 5.21. The van der Waals surface area contributed by atoms with Crippen LogP contribution in [-0.4, -0.2) is 31.1 Å². The Labute approximate surface area is 106 Å². The van der Waals surface area contributed by atoms with Gasteiger partial charge in [0.15, 0.2) is 5.96 Å². The number of aliphatic imine (C=N–C) groups is 1. The molecule has 0 radical (unpaired) electrons. The van der Waals surface area contributed by atoms with E-state index >= 15 is 0 Å². The molecular formula is C11H19N3S2. The number of thiophene rings is 1. The van der Waals surface area contributed by atoms with Gasteiger partial charge >= 0.3 is 0 Å². The van der Waals surface area contributed by atoms with Crippen molar-refractivity contribution in [3.63, 3.8) is 0 Å². The van der Waals surface area contributed by atoms with Crippen molar-refractivity contribution in [1.29, 1.82) is 0 Å². The molecule has 0 aliphatic rings. The van der Waals surface area contributed by atoms with Crippen LogP contribution < -0.4 is 10.6 Å².